The van der Waals surface area contributed by atoms with Crippen molar-refractivity contribution in [2.75, 3.05) is 13.6 Å². The molecule has 1 saturated heterocycles. The molecule has 6 rings (SSSR count). The molecule has 2 aliphatic carbocycles. The maximum absolute atomic E-state index is 13.2. The van der Waals surface area contributed by atoms with Crippen molar-refractivity contribution in [2.24, 2.45) is 0 Å². The fourth-order valence-electron chi connectivity index (χ4n) is 5.51. The normalized spacial score (nSPS) is 28.9. The first-order valence-electron chi connectivity index (χ1n) is 11.0. The summed E-state index contributed by atoms with van der Waals surface area (Å²) < 4.78 is 0. The zero-order valence-corrected chi connectivity index (χ0v) is 19.3. The lowest BCUT2D eigenvalue weighted by Crippen LogP contribution is -2.47. The third kappa shape index (κ3) is 3.11. The summed E-state index contributed by atoms with van der Waals surface area (Å²) in [6, 6.07) is 8.43. The smallest absolute Gasteiger partial charge is 0.254 e. The monoisotopic (exact) mass is 452 g/mol. The number of thiophene rings is 1. The Morgan fingerprint density at radius 1 is 1.29 bits per heavy atom. The summed E-state index contributed by atoms with van der Waals surface area (Å²) in [5.74, 6) is 1.60. The molecule has 4 atom stereocenters. The molecule has 5 nitrogen and oxygen atoms in total. The lowest BCUT2D eigenvalue weighted by molar-refractivity contribution is 0.0672. The predicted octanol–water partition coefficient (Wildman–Crippen LogP) is 4.89. The van der Waals surface area contributed by atoms with Gasteiger partial charge in [0.2, 0.25) is 0 Å². The molecule has 3 aromatic rings. The van der Waals surface area contributed by atoms with E-state index in [1.807, 2.05) is 37.1 Å². The van der Waals surface area contributed by atoms with Crippen LogP contribution in [0.2, 0.25) is 5.02 Å². The van der Waals surface area contributed by atoms with Crippen LogP contribution in [-0.2, 0) is 0 Å². The standard InChI is InChI=1S/C24H25ClN4OS/c1-13-27-21(16-6-9-31-22(16)28-13)18-11-17(18)15-5-4-14(10-19(15)25)23(30)29(2)24-7-3-8-26-20(24)12-24/h4-6,9-10,17-18,20,26H,3,7-8,11-12H2,1-2H3/t17-,18+,20+,24+/m1/s1. The van der Waals surface area contributed by atoms with E-state index in [0.717, 1.165) is 59.5 Å². The summed E-state index contributed by atoms with van der Waals surface area (Å²) in [7, 11) is 1.94. The minimum atomic E-state index is -0.00114. The van der Waals surface area contributed by atoms with Crippen LogP contribution in [0.4, 0.5) is 0 Å². The van der Waals surface area contributed by atoms with E-state index in [4.69, 9.17) is 16.6 Å². The van der Waals surface area contributed by atoms with E-state index in [2.05, 4.69) is 21.7 Å². The highest BCUT2D eigenvalue weighted by atomic mass is 35.5. The number of nitrogens with one attached hydrogen (secondary N) is 1. The number of hydrogen-bond acceptors (Lipinski definition) is 5. The second-order valence-corrected chi connectivity index (χ2v) is 10.6. The van der Waals surface area contributed by atoms with Crippen LogP contribution >= 0.6 is 22.9 Å². The van der Waals surface area contributed by atoms with E-state index in [9.17, 15) is 4.79 Å². The Morgan fingerprint density at radius 2 is 2.16 bits per heavy atom. The molecule has 1 amide bonds. The minimum absolute atomic E-state index is 0.00114. The van der Waals surface area contributed by atoms with Gasteiger partial charge < -0.3 is 10.2 Å². The van der Waals surface area contributed by atoms with E-state index in [1.54, 1.807) is 11.3 Å². The van der Waals surface area contributed by atoms with Gasteiger partial charge in [-0.3, -0.25) is 4.79 Å². The first-order chi connectivity index (χ1) is 15.0. The van der Waals surface area contributed by atoms with Gasteiger partial charge in [-0.05, 0) is 74.2 Å². The van der Waals surface area contributed by atoms with Gasteiger partial charge in [-0.2, -0.15) is 0 Å². The first kappa shape index (κ1) is 19.6. The number of aromatic nitrogens is 2. The van der Waals surface area contributed by atoms with Crippen molar-refractivity contribution in [2.45, 2.75) is 56.0 Å². The van der Waals surface area contributed by atoms with Crippen LogP contribution in [0.5, 0.6) is 0 Å². The maximum atomic E-state index is 13.2. The van der Waals surface area contributed by atoms with Crippen molar-refractivity contribution in [3.63, 3.8) is 0 Å². The van der Waals surface area contributed by atoms with Crippen LogP contribution in [0.1, 0.15) is 65.0 Å². The zero-order valence-electron chi connectivity index (χ0n) is 17.7. The number of carbonyl (C=O) groups excluding carboxylic acids is 1. The highest BCUT2D eigenvalue weighted by Gasteiger charge is 2.59. The summed E-state index contributed by atoms with van der Waals surface area (Å²) in [4.78, 5) is 25.5. The van der Waals surface area contributed by atoms with Gasteiger partial charge in [0.25, 0.3) is 5.91 Å². The van der Waals surface area contributed by atoms with Gasteiger partial charge in [-0.1, -0.05) is 17.7 Å². The fourth-order valence-corrected chi connectivity index (χ4v) is 6.65. The molecule has 3 aliphatic rings. The molecule has 0 unspecified atom stereocenters. The molecule has 1 aliphatic heterocycles. The van der Waals surface area contributed by atoms with Crippen molar-refractivity contribution in [1.29, 1.82) is 0 Å². The largest absolute Gasteiger partial charge is 0.334 e. The van der Waals surface area contributed by atoms with E-state index in [-0.39, 0.29) is 11.4 Å². The van der Waals surface area contributed by atoms with Crippen LogP contribution in [0.25, 0.3) is 10.2 Å². The highest BCUT2D eigenvalue weighted by Crippen LogP contribution is 2.57. The van der Waals surface area contributed by atoms with Crippen LogP contribution in [0.15, 0.2) is 29.6 Å². The molecular weight excluding hydrogens is 428 g/mol. The van der Waals surface area contributed by atoms with Crippen LogP contribution < -0.4 is 5.32 Å². The van der Waals surface area contributed by atoms with E-state index < -0.39 is 0 Å². The topological polar surface area (TPSA) is 58.1 Å². The fraction of sp³-hybridized carbons (Fsp3) is 0.458. The Kier molecular flexibility index (Phi) is 4.43. The molecule has 31 heavy (non-hydrogen) atoms. The SMILES string of the molecule is Cc1nc([C@H]2C[C@@H]2c2ccc(C(=O)N(C)[C@]34CCCN[C@H]3C4)cc2Cl)c2ccsc2n1. The van der Waals surface area contributed by atoms with Crippen molar-refractivity contribution in [1.82, 2.24) is 20.2 Å². The van der Waals surface area contributed by atoms with Crippen LogP contribution in [-0.4, -0.2) is 45.9 Å². The number of benzene rings is 1. The number of rotatable bonds is 4. The number of aryl methyl sites for hydroxylation is 1. The maximum Gasteiger partial charge on any atom is 0.254 e. The van der Waals surface area contributed by atoms with Gasteiger partial charge in [0.05, 0.1) is 11.2 Å². The van der Waals surface area contributed by atoms with Crippen molar-refractivity contribution < 1.29 is 4.79 Å². The molecular formula is C24H25ClN4OS. The van der Waals surface area contributed by atoms with E-state index in [0.29, 0.717) is 28.5 Å². The van der Waals surface area contributed by atoms with E-state index in [1.165, 1.54) is 0 Å². The summed E-state index contributed by atoms with van der Waals surface area (Å²) in [5, 5.41) is 7.46. The molecule has 1 N–H and O–H groups in total. The van der Waals surface area contributed by atoms with Crippen molar-refractivity contribution in [3.8, 4) is 0 Å². The van der Waals surface area contributed by atoms with Gasteiger partial charge in [0, 0.05) is 35.0 Å². The number of amides is 1. The second kappa shape index (κ2) is 6.99. The quantitative estimate of drug-likeness (QED) is 0.612. The third-order valence-electron chi connectivity index (χ3n) is 7.45. The summed E-state index contributed by atoms with van der Waals surface area (Å²) in [5.41, 5.74) is 2.93. The summed E-state index contributed by atoms with van der Waals surface area (Å²) >= 11 is 8.37. The van der Waals surface area contributed by atoms with E-state index >= 15 is 0 Å². The van der Waals surface area contributed by atoms with Gasteiger partial charge in [-0.25, -0.2) is 9.97 Å². The molecule has 1 aromatic carbocycles. The highest BCUT2D eigenvalue weighted by molar-refractivity contribution is 7.16. The number of hydrogen-bond donors (Lipinski definition) is 1. The predicted molar refractivity (Wildman–Crippen MR) is 124 cm³/mol. The molecule has 7 heteroatoms. The van der Waals surface area contributed by atoms with Gasteiger partial charge >= 0.3 is 0 Å². The summed E-state index contributed by atoms with van der Waals surface area (Å²) in [6.45, 7) is 3.01. The zero-order chi connectivity index (χ0) is 21.3. The number of carbonyl (C=O) groups is 1. The Balaban J connectivity index is 1.23. The third-order valence-corrected chi connectivity index (χ3v) is 8.58. The second-order valence-electron chi connectivity index (χ2n) is 9.26. The molecule has 3 fully saturated rings. The Labute approximate surface area is 190 Å². The molecule has 2 aromatic heterocycles. The average molecular weight is 453 g/mol. The van der Waals surface area contributed by atoms with Crippen LogP contribution in [0, 0.1) is 6.92 Å². The molecule has 2 saturated carbocycles. The number of fused-ring (bicyclic) bond motifs is 2. The average Bonchev–Trinajstić information content (AvgIpc) is 3.66. The number of likely N-dealkylation sites (N-methyl/N-ethyl adjacent to an activating group) is 1. The van der Waals surface area contributed by atoms with Gasteiger partial charge in [-0.15, -0.1) is 11.3 Å². The minimum Gasteiger partial charge on any atom is -0.334 e. The van der Waals surface area contributed by atoms with Crippen molar-refractivity contribution >= 4 is 39.1 Å². The lowest BCUT2D eigenvalue weighted by atomic mass is 10.0. The van der Waals surface area contributed by atoms with Crippen molar-refractivity contribution in [3.05, 3.63) is 57.3 Å². The Bertz CT molecular complexity index is 1210. The Morgan fingerprint density at radius 3 is 2.97 bits per heavy atom. The Hall–Kier alpha value is -2.02. The first-order valence-corrected chi connectivity index (χ1v) is 12.3. The summed E-state index contributed by atoms with van der Waals surface area (Å²) in [6.07, 6.45) is 4.29. The van der Waals surface area contributed by atoms with Gasteiger partial charge in [0.1, 0.15) is 10.7 Å². The number of piperidine rings is 1. The molecule has 0 bridgehead atoms. The number of halogens is 1. The lowest BCUT2D eigenvalue weighted by Gasteiger charge is -2.32. The molecule has 0 radical (unpaired) electrons. The number of nitrogens with zero attached hydrogens (tertiary/aromatic N) is 3. The van der Waals surface area contributed by atoms with Crippen LogP contribution in [0.3, 0.4) is 0 Å². The molecule has 160 valence electrons. The molecule has 3 heterocycles. The van der Waals surface area contributed by atoms with Gasteiger partial charge in [0.15, 0.2) is 0 Å². The molecule has 0 spiro atoms.